The zero-order valence-corrected chi connectivity index (χ0v) is 14.6. The van der Waals surface area contributed by atoms with Crippen LogP contribution < -0.4 is 5.32 Å². The summed E-state index contributed by atoms with van der Waals surface area (Å²) in [5, 5.41) is 11.6. The number of aliphatic imine (C=N–C) groups is 1. The van der Waals surface area contributed by atoms with Gasteiger partial charge >= 0.3 is 0 Å². The number of likely N-dealkylation sites (tertiary alicyclic amines) is 1. The molecule has 1 aromatic heterocycles. The standard InChI is InChI=1S/C17H30N6/c1-3-15-21-20-14-23(15)12-10-19-16(18-4-2)22-11-9-17(13-22)7-5-6-8-17/h14H,3-13H2,1-2H3,(H,18,19). The van der Waals surface area contributed by atoms with Crippen molar-refractivity contribution in [3.05, 3.63) is 12.2 Å². The summed E-state index contributed by atoms with van der Waals surface area (Å²) in [5.74, 6) is 2.12. The average molecular weight is 318 g/mol. The average Bonchev–Trinajstić information content (AvgIpc) is 3.29. The van der Waals surface area contributed by atoms with Gasteiger partial charge in [-0.25, -0.2) is 0 Å². The molecule has 2 aliphatic rings. The van der Waals surface area contributed by atoms with E-state index in [-0.39, 0.29) is 0 Å². The van der Waals surface area contributed by atoms with Gasteiger partial charge in [0.2, 0.25) is 0 Å². The molecule has 2 heterocycles. The van der Waals surface area contributed by atoms with Crippen molar-refractivity contribution in [3.63, 3.8) is 0 Å². The number of aromatic nitrogens is 3. The first-order chi connectivity index (χ1) is 11.3. The summed E-state index contributed by atoms with van der Waals surface area (Å²) < 4.78 is 2.11. The van der Waals surface area contributed by atoms with Crippen LogP contribution in [0.1, 0.15) is 51.8 Å². The van der Waals surface area contributed by atoms with E-state index < -0.39 is 0 Å². The van der Waals surface area contributed by atoms with Gasteiger partial charge in [0.15, 0.2) is 5.96 Å². The van der Waals surface area contributed by atoms with Crippen LogP contribution >= 0.6 is 0 Å². The molecule has 1 spiro atoms. The third kappa shape index (κ3) is 3.67. The molecule has 23 heavy (non-hydrogen) atoms. The second-order valence-corrected chi connectivity index (χ2v) is 6.91. The van der Waals surface area contributed by atoms with Crippen LogP contribution in [0.5, 0.6) is 0 Å². The highest BCUT2D eigenvalue weighted by atomic mass is 15.3. The number of hydrogen-bond donors (Lipinski definition) is 1. The fraction of sp³-hybridized carbons (Fsp3) is 0.824. The lowest BCUT2D eigenvalue weighted by Crippen LogP contribution is -2.41. The molecule has 6 nitrogen and oxygen atoms in total. The van der Waals surface area contributed by atoms with E-state index in [9.17, 15) is 0 Å². The molecule has 0 amide bonds. The second kappa shape index (κ2) is 7.32. The Balaban J connectivity index is 1.60. The Hall–Kier alpha value is -1.59. The van der Waals surface area contributed by atoms with Gasteiger partial charge in [0, 0.05) is 32.6 Å². The Morgan fingerprint density at radius 1 is 1.30 bits per heavy atom. The van der Waals surface area contributed by atoms with Crippen molar-refractivity contribution in [1.82, 2.24) is 25.0 Å². The summed E-state index contributed by atoms with van der Waals surface area (Å²) in [5.41, 5.74) is 0.583. The van der Waals surface area contributed by atoms with Crippen LogP contribution in [0.25, 0.3) is 0 Å². The van der Waals surface area contributed by atoms with Crippen molar-refractivity contribution >= 4 is 5.96 Å². The normalized spacial score (nSPS) is 20.6. The van der Waals surface area contributed by atoms with Crippen molar-refractivity contribution in [2.45, 2.75) is 58.9 Å². The van der Waals surface area contributed by atoms with Crippen molar-refractivity contribution in [3.8, 4) is 0 Å². The third-order valence-electron chi connectivity index (χ3n) is 5.35. The maximum atomic E-state index is 4.86. The van der Waals surface area contributed by atoms with Gasteiger partial charge in [-0.1, -0.05) is 19.8 Å². The van der Waals surface area contributed by atoms with Gasteiger partial charge in [-0.15, -0.1) is 10.2 Å². The summed E-state index contributed by atoms with van der Waals surface area (Å²) in [4.78, 5) is 7.33. The molecule has 1 saturated heterocycles. The number of nitrogens with one attached hydrogen (secondary N) is 1. The van der Waals surface area contributed by atoms with Gasteiger partial charge in [-0.2, -0.15) is 0 Å². The highest BCUT2D eigenvalue weighted by Gasteiger charge is 2.41. The third-order valence-corrected chi connectivity index (χ3v) is 5.35. The molecule has 1 aliphatic carbocycles. The van der Waals surface area contributed by atoms with Crippen molar-refractivity contribution in [2.75, 3.05) is 26.2 Å². The van der Waals surface area contributed by atoms with Crippen LogP contribution in [-0.4, -0.2) is 51.8 Å². The predicted octanol–water partition coefficient (Wildman–Crippen LogP) is 2.07. The minimum Gasteiger partial charge on any atom is -0.357 e. The molecule has 0 bridgehead atoms. The zero-order chi connectivity index (χ0) is 16.1. The van der Waals surface area contributed by atoms with E-state index >= 15 is 0 Å². The molecule has 0 atom stereocenters. The molecule has 6 heteroatoms. The Labute approximate surface area is 139 Å². The van der Waals surface area contributed by atoms with Crippen LogP contribution in [-0.2, 0) is 13.0 Å². The fourth-order valence-corrected chi connectivity index (χ4v) is 4.08. The number of hydrogen-bond acceptors (Lipinski definition) is 3. The van der Waals surface area contributed by atoms with Gasteiger partial charge in [0.05, 0.1) is 6.54 Å². The van der Waals surface area contributed by atoms with E-state index in [2.05, 4.69) is 38.8 Å². The first-order valence-electron chi connectivity index (χ1n) is 9.16. The second-order valence-electron chi connectivity index (χ2n) is 6.91. The molecular formula is C17H30N6. The molecule has 1 saturated carbocycles. The van der Waals surface area contributed by atoms with Crippen LogP contribution in [0.2, 0.25) is 0 Å². The Morgan fingerprint density at radius 2 is 2.13 bits per heavy atom. The van der Waals surface area contributed by atoms with Gasteiger partial charge < -0.3 is 14.8 Å². The summed E-state index contributed by atoms with van der Waals surface area (Å²) in [6.45, 7) is 9.14. The molecule has 128 valence electrons. The largest absolute Gasteiger partial charge is 0.357 e. The highest BCUT2D eigenvalue weighted by molar-refractivity contribution is 5.80. The monoisotopic (exact) mass is 318 g/mol. The topological polar surface area (TPSA) is 58.3 Å². The van der Waals surface area contributed by atoms with Crippen LogP contribution in [0.15, 0.2) is 11.3 Å². The fourth-order valence-electron chi connectivity index (χ4n) is 4.08. The summed E-state index contributed by atoms with van der Waals surface area (Å²) in [6, 6.07) is 0. The minimum atomic E-state index is 0.583. The smallest absolute Gasteiger partial charge is 0.193 e. The lowest BCUT2D eigenvalue weighted by molar-refractivity contribution is 0.309. The molecule has 1 aromatic rings. The molecule has 0 unspecified atom stereocenters. The van der Waals surface area contributed by atoms with Crippen LogP contribution in [0.3, 0.4) is 0 Å². The molecule has 1 N–H and O–H groups in total. The predicted molar refractivity (Wildman–Crippen MR) is 92.5 cm³/mol. The lowest BCUT2D eigenvalue weighted by Gasteiger charge is -2.26. The maximum absolute atomic E-state index is 4.86. The Bertz CT molecular complexity index is 529. The lowest BCUT2D eigenvalue weighted by atomic mass is 9.86. The number of rotatable bonds is 5. The van der Waals surface area contributed by atoms with E-state index in [1.165, 1.54) is 38.6 Å². The van der Waals surface area contributed by atoms with Crippen LogP contribution in [0.4, 0.5) is 0 Å². The maximum Gasteiger partial charge on any atom is 0.193 e. The summed E-state index contributed by atoms with van der Waals surface area (Å²) in [6.07, 6.45) is 9.70. The zero-order valence-electron chi connectivity index (χ0n) is 14.6. The molecule has 1 aliphatic heterocycles. The SMILES string of the molecule is CCNC(=NCCn1cnnc1CC)N1CCC2(CCCC2)C1. The van der Waals surface area contributed by atoms with Crippen molar-refractivity contribution < 1.29 is 0 Å². The van der Waals surface area contributed by atoms with E-state index in [4.69, 9.17) is 4.99 Å². The molecule has 3 rings (SSSR count). The van der Waals surface area contributed by atoms with Crippen molar-refractivity contribution in [1.29, 1.82) is 0 Å². The van der Waals surface area contributed by atoms with E-state index in [1.54, 1.807) is 0 Å². The molecule has 2 fully saturated rings. The molecule has 0 aromatic carbocycles. The van der Waals surface area contributed by atoms with E-state index in [0.29, 0.717) is 5.41 Å². The number of aryl methyl sites for hydroxylation is 1. The van der Waals surface area contributed by atoms with Gasteiger partial charge in [-0.3, -0.25) is 4.99 Å². The Kier molecular flexibility index (Phi) is 5.18. The summed E-state index contributed by atoms with van der Waals surface area (Å²) >= 11 is 0. The number of guanidine groups is 1. The van der Waals surface area contributed by atoms with Gasteiger partial charge in [-0.05, 0) is 31.6 Å². The van der Waals surface area contributed by atoms with E-state index in [1.807, 2.05) is 6.33 Å². The first kappa shape index (κ1) is 16.3. The van der Waals surface area contributed by atoms with Crippen molar-refractivity contribution in [2.24, 2.45) is 10.4 Å². The Morgan fingerprint density at radius 3 is 2.87 bits per heavy atom. The highest BCUT2D eigenvalue weighted by Crippen LogP contribution is 2.45. The first-order valence-corrected chi connectivity index (χ1v) is 9.16. The van der Waals surface area contributed by atoms with Gasteiger partial charge in [0.25, 0.3) is 0 Å². The quantitative estimate of drug-likeness (QED) is 0.667. The summed E-state index contributed by atoms with van der Waals surface area (Å²) in [7, 11) is 0. The molecular weight excluding hydrogens is 288 g/mol. The molecule has 0 radical (unpaired) electrons. The van der Waals surface area contributed by atoms with Gasteiger partial charge in [0.1, 0.15) is 12.2 Å². The van der Waals surface area contributed by atoms with Crippen LogP contribution in [0, 0.1) is 5.41 Å². The number of nitrogens with zero attached hydrogens (tertiary/aromatic N) is 5. The minimum absolute atomic E-state index is 0.583. The van der Waals surface area contributed by atoms with E-state index in [0.717, 1.165) is 44.4 Å².